The molecular formula is C75H56N4O4. The number of pyridine rings is 1. The first kappa shape index (κ1) is 52.5. The number of aromatic nitrogens is 1. The zero-order chi connectivity index (χ0) is 56.5. The molecule has 0 aliphatic carbocycles. The van der Waals surface area contributed by atoms with Crippen molar-refractivity contribution in [2.75, 3.05) is 43.1 Å². The molecule has 0 amide bonds. The van der Waals surface area contributed by atoms with Crippen LogP contribution in [-0.2, 0) is 0 Å². The van der Waals surface area contributed by atoms with Crippen LogP contribution in [0.5, 0.6) is 23.0 Å². The van der Waals surface area contributed by atoms with Crippen molar-refractivity contribution in [3.8, 4) is 57.8 Å². The van der Waals surface area contributed by atoms with Crippen molar-refractivity contribution in [3.05, 3.63) is 289 Å². The van der Waals surface area contributed by atoms with Crippen LogP contribution in [0.4, 0.5) is 51.2 Å². The quantitative estimate of drug-likeness (QED) is 0.0789. The van der Waals surface area contributed by atoms with Gasteiger partial charge in [0.05, 0.1) is 39.5 Å². The van der Waals surface area contributed by atoms with E-state index in [1.54, 1.807) is 28.4 Å². The lowest BCUT2D eigenvalue weighted by atomic mass is 9.96. The number of anilines is 9. The standard InChI is InChI=1S/C75H56N4O4/c1-80-67-45-37-63(38-46-67)78(64-39-47-68(81-2)48-40-64)60-31-21-55(22-32-60)15-13-53-17-27-58(28-18-53)77(62-35-25-57(26-36-62)75-71-9-5-7-11-73(71)76-74-12-8-6-10-72(74)75)59-29-19-54(20-30-59)14-16-56-23-33-61(34-24-56)79(65-41-49-69(82-3)50-42-65)66-43-51-70(83-4)52-44-66/h5-12,17-52H,1-4H3. The van der Waals surface area contributed by atoms with Gasteiger partial charge in [-0.25, -0.2) is 4.98 Å². The van der Waals surface area contributed by atoms with Crippen LogP contribution in [-0.4, -0.2) is 33.4 Å². The Hall–Kier alpha value is -11.2. The minimum Gasteiger partial charge on any atom is -0.497 e. The fraction of sp³-hybridized carbons (Fsp3) is 0.0533. The topological polar surface area (TPSA) is 59.5 Å². The average molecular weight is 1080 g/mol. The summed E-state index contributed by atoms with van der Waals surface area (Å²) >= 11 is 0. The summed E-state index contributed by atoms with van der Waals surface area (Å²) in [5, 5.41) is 2.23. The number of rotatable bonds is 14. The molecule has 0 fully saturated rings. The molecule has 8 nitrogen and oxygen atoms in total. The molecule has 83 heavy (non-hydrogen) atoms. The molecular weight excluding hydrogens is 1020 g/mol. The van der Waals surface area contributed by atoms with Crippen LogP contribution in [0.25, 0.3) is 32.9 Å². The highest BCUT2D eigenvalue weighted by Gasteiger charge is 2.18. The van der Waals surface area contributed by atoms with Gasteiger partial charge in [-0.3, -0.25) is 0 Å². The molecule has 0 saturated heterocycles. The number of para-hydroxylation sites is 2. The van der Waals surface area contributed by atoms with Gasteiger partial charge in [-0.15, -0.1) is 0 Å². The van der Waals surface area contributed by atoms with Crippen LogP contribution in [0, 0.1) is 23.7 Å². The number of benzene rings is 11. The van der Waals surface area contributed by atoms with Crippen LogP contribution in [0.3, 0.4) is 0 Å². The van der Waals surface area contributed by atoms with Crippen LogP contribution < -0.4 is 33.6 Å². The Balaban J connectivity index is 0.831. The van der Waals surface area contributed by atoms with Gasteiger partial charge in [0.25, 0.3) is 0 Å². The number of hydrogen-bond acceptors (Lipinski definition) is 8. The Morgan fingerprint density at radius 2 is 0.470 bits per heavy atom. The Bertz CT molecular complexity index is 3970. The molecule has 12 rings (SSSR count). The predicted molar refractivity (Wildman–Crippen MR) is 340 cm³/mol. The Morgan fingerprint density at radius 1 is 0.253 bits per heavy atom. The maximum Gasteiger partial charge on any atom is 0.119 e. The molecule has 0 spiro atoms. The molecule has 0 saturated carbocycles. The first-order chi connectivity index (χ1) is 40.9. The van der Waals surface area contributed by atoms with Crippen molar-refractivity contribution in [2.24, 2.45) is 0 Å². The van der Waals surface area contributed by atoms with Gasteiger partial charge in [-0.2, -0.15) is 0 Å². The van der Waals surface area contributed by atoms with Crippen LogP contribution in [0.1, 0.15) is 22.3 Å². The number of methoxy groups -OCH3 is 4. The first-order valence-corrected chi connectivity index (χ1v) is 27.2. The van der Waals surface area contributed by atoms with Crippen molar-refractivity contribution < 1.29 is 18.9 Å². The second kappa shape index (κ2) is 24.0. The van der Waals surface area contributed by atoms with E-state index in [2.05, 4.69) is 245 Å². The van der Waals surface area contributed by atoms with Gasteiger partial charge in [0.15, 0.2) is 0 Å². The molecule has 0 bridgehead atoms. The molecule has 400 valence electrons. The first-order valence-electron chi connectivity index (χ1n) is 27.2. The fourth-order valence-electron chi connectivity index (χ4n) is 10.3. The van der Waals surface area contributed by atoms with Crippen LogP contribution >= 0.6 is 0 Å². The molecule has 12 aromatic rings. The molecule has 0 aliphatic rings. The highest BCUT2D eigenvalue weighted by atomic mass is 16.5. The van der Waals surface area contributed by atoms with Gasteiger partial charge in [0.2, 0.25) is 0 Å². The van der Waals surface area contributed by atoms with E-state index in [1.807, 2.05) is 60.7 Å². The summed E-state index contributed by atoms with van der Waals surface area (Å²) in [4.78, 5) is 11.7. The van der Waals surface area contributed by atoms with Crippen molar-refractivity contribution in [1.82, 2.24) is 4.98 Å². The summed E-state index contributed by atoms with van der Waals surface area (Å²) in [6, 6.07) is 91.3. The molecule has 0 radical (unpaired) electrons. The highest BCUT2D eigenvalue weighted by Crippen LogP contribution is 2.41. The molecule has 11 aromatic carbocycles. The summed E-state index contributed by atoms with van der Waals surface area (Å²) in [6.45, 7) is 0. The van der Waals surface area contributed by atoms with E-state index in [-0.39, 0.29) is 0 Å². The van der Waals surface area contributed by atoms with E-state index < -0.39 is 0 Å². The van der Waals surface area contributed by atoms with Crippen LogP contribution in [0.15, 0.2) is 267 Å². The number of nitrogens with zero attached hydrogens (tertiary/aromatic N) is 4. The molecule has 1 heterocycles. The normalized spacial score (nSPS) is 10.7. The zero-order valence-electron chi connectivity index (χ0n) is 46.3. The minimum atomic E-state index is 0.796. The van der Waals surface area contributed by atoms with E-state index in [9.17, 15) is 0 Å². The number of hydrogen-bond donors (Lipinski definition) is 0. The Kier molecular flexibility index (Phi) is 15.2. The Labute approximate surface area is 484 Å². The third-order valence-corrected chi connectivity index (χ3v) is 14.5. The number of ether oxygens (including phenoxy) is 4. The van der Waals surface area contributed by atoms with Gasteiger partial charge in [-0.1, -0.05) is 72.2 Å². The monoisotopic (exact) mass is 1080 g/mol. The van der Waals surface area contributed by atoms with Crippen molar-refractivity contribution in [3.63, 3.8) is 0 Å². The lowest BCUT2D eigenvalue weighted by molar-refractivity contribution is 0.414. The third-order valence-electron chi connectivity index (χ3n) is 14.5. The minimum absolute atomic E-state index is 0.796. The average Bonchev–Trinajstić information content (AvgIpc) is 3.75. The molecule has 1 aromatic heterocycles. The summed E-state index contributed by atoms with van der Waals surface area (Å²) in [7, 11) is 6.70. The van der Waals surface area contributed by atoms with Gasteiger partial charge >= 0.3 is 0 Å². The van der Waals surface area contributed by atoms with Crippen molar-refractivity contribution >= 4 is 73.0 Å². The second-order valence-corrected chi connectivity index (χ2v) is 19.6. The fourth-order valence-corrected chi connectivity index (χ4v) is 10.3. The molecule has 0 N–H and O–H groups in total. The van der Waals surface area contributed by atoms with Crippen LogP contribution in [0.2, 0.25) is 0 Å². The maximum atomic E-state index is 5.46. The van der Waals surface area contributed by atoms with Gasteiger partial charge < -0.3 is 33.6 Å². The summed E-state index contributed by atoms with van der Waals surface area (Å²) in [5.74, 6) is 16.9. The lowest BCUT2D eigenvalue weighted by Gasteiger charge is -2.26. The zero-order valence-corrected chi connectivity index (χ0v) is 46.3. The van der Waals surface area contributed by atoms with Crippen molar-refractivity contribution in [2.45, 2.75) is 0 Å². The third kappa shape index (κ3) is 11.5. The van der Waals surface area contributed by atoms with E-state index >= 15 is 0 Å². The SMILES string of the molecule is COc1ccc(N(c2ccc(C#Cc3ccc(N(c4ccc(C#Cc5ccc(N(c6ccc(OC)cc6)c6ccc(OC)cc6)cc5)cc4)c4ccc(-c5c6ccccc6nc6ccccc56)cc4)cc3)cc2)c2ccc(OC)cc2)cc1. The van der Waals surface area contributed by atoms with E-state index in [0.29, 0.717) is 0 Å². The largest absolute Gasteiger partial charge is 0.497 e. The number of fused-ring (bicyclic) bond motifs is 2. The maximum absolute atomic E-state index is 5.46. The summed E-state index contributed by atoms with van der Waals surface area (Å²) in [5.41, 5.74) is 16.8. The van der Waals surface area contributed by atoms with E-state index in [4.69, 9.17) is 23.9 Å². The van der Waals surface area contributed by atoms with Gasteiger partial charge in [-0.05, 0) is 224 Å². The van der Waals surface area contributed by atoms with Gasteiger partial charge in [0.1, 0.15) is 23.0 Å². The predicted octanol–water partition coefficient (Wildman–Crippen LogP) is 18.3. The smallest absolute Gasteiger partial charge is 0.119 e. The highest BCUT2D eigenvalue weighted by molar-refractivity contribution is 6.09. The van der Waals surface area contributed by atoms with Gasteiger partial charge in [0, 0.05) is 89.8 Å². The molecule has 8 heteroatoms. The van der Waals surface area contributed by atoms with E-state index in [1.165, 1.54) is 0 Å². The van der Waals surface area contributed by atoms with Crippen molar-refractivity contribution in [1.29, 1.82) is 0 Å². The molecule has 0 unspecified atom stereocenters. The lowest BCUT2D eigenvalue weighted by Crippen LogP contribution is -2.10. The summed E-state index contributed by atoms with van der Waals surface area (Å²) in [6.07, 6.45) is 0. The summed E-state index contributed by atoms with van der Waals surface area (Å²) < 4.78 is 21.8. The molecule has 0 aliphatic heterocycles. The molecule has 0 atom stereocenters. The van der Waals surface area contributed by atoms with E-state index in [0.717, 1.165) is 129 Å². The second-order valence-electron chi connectivity index (χ2n) is 19.6. The Morgan fingerprint density at radius 3 is 0.711 bits per heavy atom.